The van der Waals surface area contributed by atoms with Crippen molar-refractivity contribution in [1.82, 2.24) is 9.99 Å². The monoisotopic (exact) mass is 492 g/mol. The molecule has 36 heavy (non-hydrogen) atoms. The molecule has 0 aliphatic heterocycles. The summed E-state index contributed by atoms with van der Waals surface area (Å²) in [5.74, 6) is 0.486. The minimum atomic E-state index is -0.342. The lowest BCUT2D eigenvalue weighted by molar-refractivity contribution is 0.458. The highest BCUT2D eigenvalue weighted by molar-refractivity contribution is 6.03. The van der Waals surface area contributed by atoms with E-state index in [4.69, 9.17) is 4.99 Å². The van der Waals surface area contributed by atoms with Crippen LogP contribution >= 0.6 is 0 Å². The van der Waals surface area contributed by atoms with Crippen molar-refractivity contribution in [2.24, 2.45) is 4.99 Å². The normalized spacial score (nSPS) is 14.1. The molecule has 0 radical (unpaired) electrons. The summed E-state index contributed by atoms with van der Waals surface area (Å²) in [6.07, 6.45) is 12.6. The van der Waals surface area contributed by atoms with Gasteiger partial charge in [-0.05, 0) is 87.7 Å². The van der Waals surface area contributed by atoms with E-state index in [1.807, 2.05) is 55.9 Å². The molecule has 0 saturated heterocycles. The molecule has 0 spiro atoms. The van der Waals surface area contributed by atoms with Crippen LogP contribution in [0.2, 0.25) is 0 Å². The second kappa shape index (κ2) is 13.5. The maximum atomic E-state index is 14.1. The van der Waals surface area contributed by atoms with Crippen molar-refractivity contribution >= 4 is 11.9 Å². The minimum absolute atomic E-state index is 0.0657. The van der Waals surface area contributed by atoms with Gasteiger partial charge in [0.15, 0.2) is 0 Å². The molecule has 194 valence electrons. The van der Waals surface area contributed by atoms with Gasteiger partial charge >= 0.3 is 0 Å². The lowest BCUT2D eigenvalue weighted by Crippen LogP contribution is -2.23. The Morgan fingerprint density at radius 1 is 1.25 bits per heavy atom. The van der Waals surface area contributed by atoms with Crippen LogP contribution < -0.4 is 10.7 Å². The van der Waals surface area contributed by atoms with Gasteiger partial charge in [0.1, 0.15) is 17.4 Å². The third-order valence-corrected chi connectivity index (χ3v) is 6.30. The number of aromatic nitrogens is 1. The van der Waals surface area contributed by atoms with E-state index in [1.165, 1.54) is 12.1 Å². The van der Waals surface area contributed by atoms with E-state index < -0.39 is 0 Å². The van der Waals surface area contributed by atoms with Crippen molar-refractivity contribution < 1.29 is 9.50 Å². The zero-order valence-electron chi connectivity index (χ0n) is 22.5. The van der Waals surface area contributed by atoms with Gasteiger partial charge in [-0.25, -0.2) is 4.39 Å². The molecule has 0 aliphatic rings. The maximum absolute atomic E-state index is 14.1. The van der Waals surface area contributed by atoms with Crippen LogP contribution in [0.5, 0.6) is 5.75 Å². The van der Waals surface area contributed by atoms with E-state index in [2.05, 4.69) is 37.7 Å². The molecule has 0 aliphatic carbocycles. The van der Waals surface area contributed by atoms with Crippen LogP contribution in [0.3, 0.4) is 0 Å². The number of allylic oxidation sites excluding steroid dienone is 2. The van der Waals surface area contributed by atoms with E-state index in [-0.39, 0.29) is 23.7 Å². The van der Waals surface area contributed by atoms with Gasteiger partial charge in [-0.2, -0.15) is 0 Å². The second-order valence-electron chi connectivity index (χ2n) is 8.95. The van der Waals surface area contributed by atoms with Gasteiger partial charge in [-0.15, -0.1) is 0 Å². The summed E-state index contributed by atoms with van der Waals surface area (Å²) in [6.45, 7) is 20.0. The zero-order valence-corrected chi connectivity index (χ0v) is 22.5. The first-order valence-electron chi connectivity index (χ1n) is 12.6. The third kappa shape index (κ3) is 7.00. The van der Waals surface area contributed by atoms with E-state index in [0.717, 1.165) is 47.5 Å². The molecular weight excluding hydrogens is 451 g/mol. The van der Waals surface area contributed by atoms with Crippen LogP contribution in [-0.2, 0) is 0 Å². The standard InChI is InChI=1S/C30H41FN4O/c1-9-13-24(10-2)33-30(32-12-4)25(11-3)20(5)14-16-27-21(6)18-19-35(27)34-23(8)29-22(7)26(31)15-17-28(29)36/h11-12,14-19,23-24,34,36H,4-5,9-10,13H2,1-3,6-8H3,(H,32,33)/b16-14-,25-11-. The van der Waals surface area contributed by atoms with Crippen LogP contribution in [-0.4, -0.2) is 21.7 Å². The van der Waals surface area contributed by atoms with E-state index >= 15 is 0 Å². The Morgan fingerprint density at radius 2 is 1.97 bits per heavy atom. The number of nitrogens with one attached hydrogen (secondary N) is 2. The Balaban J connectivity index is 2.32. The van der Waals surface area contributed by atoms with Crippen LogP contribution in [0.4, 0.5) is 4.39 Å². The van der Waals surface area contributed by atoms with Gasteiger partial charge < -0.3 is 15.8 Å². The number of rotatable bonds is 12. The summed E-state index contributed by atoms with van der Waals surface area (Å²) in [6, 6.07) is 4.58. The number of amidine groups is 1. The largest absolute Gasteiger partial charge is 0.508 e. The number of hydrogen-bond donors (Lipinski definition) is 3. The Morgan fingerprint density at radius 3 is 2.58 bits per heavy atom. The predicted molar refractivity (Wildman–Crippen MR) is 151 cm³/mol. The molecule has 0 saturated carbocycles. The summed E-state index contributed by atoms with van der Waals surface area (Å²) in [5.41, 5.74) is 8.04. The number of aliphatic imine (C=N–C) groups is 1. The molecule has 3 N–H and O–H groups in total. The fourth-order valence-electron chi connectivity index (χ4n) is 4.27. The quantitative estimate of drug-likeness (QED) is 0.163. The molecule has 1 aromatic carbocycles. The third-order valence-electron chi connectivity index (χ3n) is 6.30. The first kappa shape index (κ1) is 28.7. The Labute approximate surface area is 215 Å². The fourth-order valence-corrected chi connectivity index (χ4v) is 4.27. The molecule has 5 nitrogen and oxygen atoms in total. The first-order chi connectivity index (χ1) is 17.2. The van der Waals surface area contributed by atoms with Gasteiger partial charge in [-0.3, -0.25) is 9.67 Å². The Bertz CT molecular complexity index is 1160. The van der Waals surface area contributed by atoms with Crippen molar-refractivity contribution in [3.63, 3.8) is 0 Å². The van der Waals surface area contributed by atoms with Gasteiger partial charge in [0, 0.05) is 17.3 Å². The smallest absolute Gasteiger partial charge is 0.132 e. The van der Waals surface area contributed by atoms with Crippen LogP contribution in [0.15, 0.2) is 72.0 Å². The molecular formula is C30H41FN4O. The van der Waals surface area contributed by atoms with Gasteiger partial charge in [0.2, 0.25) is 0 Å². The van der Waals surface area contributed by atoms with Crippen LogP contribution in [0, 0.1) is 19.7 Å². The fraction of sp³-hybridized carbons (Fsp3) is 0.367. The van der Waals surface area contributed by atoms with E-state index in [0.29, 0.717) is 11.1 Å². The van der Waals surface area contributed by atoms with Crippen LogP contribution in [0.25, 0.3) is 6.08 Å². The summed E-state index contributed by atoms with van der Waals surface area (Å²) in [7, 11) is 0. The molecule has 0 amide bonds. The number of aryl methyl sites for hydroxylation is 1. The molecule has 1 heterocycles. The molecule has 6 heteroatoms. The minimum Gasteiger partial charge on any atom is -0.508 e. The highest BCUT2D eigenvalue weighted by Crippen LogP contribution is 2.30. The van der Waals surface area contributed by atoms with E-state index in [1.54, 1.807) is 13.1 Å². The first-order valence-corrected chi connectivity index (χ1v) is 12.6. The summed E-state index contributed by atoms with van der Waals surface area (Å²) in [5, 5.41) is 13.5. The number of phenols is 1. The van der Waals surface area contributed by atoms with E-state index in [9.17, 15) is 9.50 Å². The summed E-state index contributed by atoms with van der Waals surface area (Å²) >= 11 is 0. The molecule has 2 unspecified atom stereocenters. The zero-order chi connectivity index (χ0) is 26.8. The average Bonchev–Trinajstić information content (AvgIpc) is 3.19. The lowest BCUT2D eigenvalue weighted by Gasteiger charge is -2.21. The highest BCUT2D eigenvalue weighted by atomic mass is 19.1. The van der Waals surface area contributed by atoms with Gasteiger partial charge in [-0.1, -0.05) is 45.6 Å². The molecule has 0 fully saturated rings. The number of benzene rings is 1. The lowest BCUT2D eigenvalue weighted by atomic mass is 10.0. The summed E-state index contributed by atoms with van der Waals surface area (Å²) in [4.78, 5) is 4.94. The average molecular weight is 493 g/mol. The molecule has 2 atom stereocenters. The predicted octanol–water partition coefficient (Wildman–Crippen LogP) is 7.48. The number of aromatic hydroxyl groups is 1. The Kier molecular flexibility index (Phi) is 10.8. The Hall–Kier alpha value is -3.54. The maximum Gasteiger partial charge on any atom is 0.132 e. The SMILES string of the molecule is C=CNC(=NC(CC)CCC)/C(=C\C)C(=C)/C=C\c1c(C)ccn1NC(C)c1c(O)ccc(F)c1C. The van der Waals surface area contributed by atoms with Gasteiger partial charge in [0.25, 0.3) is 0 Å². The van der Waals surface area contributed by atoms with Gasteiger partial charge in [0.05, 0.1) is 17.8 Å². The summed E-state index contributed by atoms with van der Waals surface area (Å²) < 4.78 is 16.0. The highest BCUT2D eigenvalue weighted by Gasteiger charge is 2.17. The van der Waals surface area contributed by atoms with Crippen molar-refractivity contribution in [3.05, 3.63) is 95.3 Å². The number of hydrogen-bond acceptors (Lipinski definition) is 3. The molecule has 0 bridgehead atoms. The number of halogens is 1. The molecule has 1 aromatic heterocycles. The van der Waals surface area contributed by atoms with Crippen molar-refractivity contribution in [2.45, 2.75) is 72.9 Å². The van der Waals surface area contributed by atoms with Crippen molar-refractivity contribution in [3.8, 4) is 5.75 Å². The number of nitrogens with zero attached hydrogens (tertiary/aromatic N) is 2. The topological polar surface area (TPSA) is 61.6 Å². The van der Waals surface area contributed by atoms with Crippen molar-refractivity contribution in [2.75, 3.05) is 5.43 Å². The second-order valence-corrected chi connectivity index (χ2v) is 8.95. The molecule has 2 aromatic rings. The number of phenolic OH excluding ortho intramolecular Hbond substituents is 1. The van der Waals surface area contributed by atoms with Crippen LogP contribution in [0.1, 0.15) is 75.4 Å². The van der Waals surface area contributed by atoms with Crippen molar-refractivity contribution in [1.29, 1.82) is 0 Å². The molecule has 2 rings (SSSR count).